The SMILES string of the molecule is CCCNCCCNCCCC(C)O. The Morgan fingerprint density at radius 2 is 1.57 bits per heavy atom. The summed E-state index contributed by atoms with van der Waals surface area (Å²) in [6.07, 6.45) is 4.22. The lowest BCUT2D eigenvalue weighted by Crippen LogP contribution is -2.23. The number of hydrogen-bond acceptors (Lipinski definition) is 3. The van der Waals surface area contributed by atoms with Gasteiger partial charge in [-0.3, -0.25) is 0 Å². The largest absolute Gasteiger partial charge is 0.393 e. The zero-order valence-corrected chi connectivity index (χ0v) is 9.68. The molecule has 0 saturated carbocycles. The van der Waals surface area contributed by atoms with E-state index >= 15 is 0 Å². The summed E-state index contributed by atoms with van der Waals surface area (Å²) in [6.45, 7) is 8.37. The van der Waals surface area contributed by atoms with Gasteiger partial charge in [0.1, 0.15) is 0 Å². The average Bonchev–Trinajstić information content (AvgIpc) is 2.15. The number of hydrogen-bond donors (Lipinski definition) is 3. The molecule has 3 nitrogen and oxygen atoms in total. The minimum atomic E-state index is -0.150. The van der Waals surface area contributed by atoms with E-state index in [1.165, 1.54) is 12.8 Å². The molecule has 1 atom stereocenters. The van der Waals surface area contributed by atoms with Crippen molar-refractivity contribution in [2.24, 2.45) is 0 Å². The van der Waals surface area contributed by atoms with E-state index in [1.54, 1.807) is 0 Å². The van der Waals surface area contributed by atoms with E-state index in [1.807, 2.05) is 6.92 Å². The van der Waals surface area contributed by atoms with Gasteiger partial charge >= 0.3 is 0 Å². The molecule has 0 rings (SSSR count). The van der Waals surface area contributed by atoms with Crippen molar-refractivity contribution in [1.29, 1.82) is 0 Å². The quantitative estimate of drug-likeness (QED) is 0.465. The molecule has 0 aliphatic carbocycles. The van der Waals surface area contributed by atoms with Crippen LogP contribution in [0.4, 0.5) is 0 Å². The van der Waals surface area contributed by atoms with Crippen LogP contribution in [0.5, 0.6) is 0 Å². The predicted octanol–water partition coefficient (Wildman–Crippen LogP) is 1.13. The van der Waals surface area contributed by atoms with Crippen LogP contribution in [0, 0.1) is 0 Å². The third-order valence-electron chi connectivity index (χ3n) is 2.11. The number of aliphatic hydroxyl groups excluding tert-OH is 1. The lowest BCUT2D eigenvalue weighted by Gasteiger charge is -2.06. The third kappa shape index (κ3) is 11.9. The van der Waals surface area contributed by atoms with Crippen molar-refractivity contribution >= 4 is 0 Å². The zero-order valence-electron chi connectivity index (χ0n) is 9.68. The van der Waals surface area contributed by atoms with E-state index in [4.69, 9.17) is 5.11 Å². The Morgan fingerprint density at radius 3 is 2.14 bits per heavy atom. The summed E-state index contributed by atoms with van der Waals surface area (Å²) < 4.78 is 0. The van der Waals surface area contributed by atoms with Crippen LogP contribution in [0.3, 0.4) is 0 Å². The molecule has 14 heavy (non-hydrogen) atoms. The maximum Gasteiger partial charge on any atom is 0.0512 e. The van der Waals surface area contributed by atoms with E-state index in [-0.39, 0.29) is 6.10 Å². The normalized spacial score (nSPS) is 13.1. The second-order valence-corrected chi connectivity index (χ2v) is 3.84. The Bertz CT molecular complexity index is 107. The van der Waals surface area contributed by atoms with E-state index in [2.05, 4.69) is 17.6 Å². The Kier molecular flexibility index (Phi) is 10.9. The monoisotopic (exact) mass is 202 g/mol. The molecule has 3 N–H and O–H groups in total. The van der Waals surface area contributed by atoms with E-state index < -0.39 is 0 Å². The van der Waals surface area contributed by atoms with Gasteiger partial charge in [-0.15, -0.1) is 0 Å². The van der Waals surface area contributed by atoms with Gasteiger partial charge in [0.25, 0.3) is 0 Å². The first-order valence-corrected chi connectivity index (χ1v) is 5.87. The van der Waals surface area contributed by atoms with Crippen molar-refractivity contribution in [3.63, 3.8) is 0 Å². The van der Waals surface area contributed by atoms with Crippen LogP contribution in [0.2, 0.25) is 0 Å². The molecule has 0 bridgehead atoms. The maximum absolute atomic E-state index is 9.01. The first-order valence-electron chi connectivity index (χ1n) is 5.87. The fourth-order valence-electron chi connectivity index (χ4n) is 1.29. The van der Waals surface area contributed by atoms with Crippen LogP contribution in [0.25, 0.3) is 0 Å². The fourth-order valence-corrected chi connectivity index (χ4v) is 1.29. The summed E-state index contributed by atoms with van der Waals surface area (Å²) in [4.78, 5) is 0. The number of rotatable bonds is 10. The van der Waals surface area contributed by atoms with Gasteiger partial charge in [-0.1, -0.05) is 6.92 Å². The van der Waals surface area contributed by atoms with Crippen molar-refractivity contribution in [2.75, 3.05) is 26.2 Å². The minimum absolute atomic E-state index is 0.150. The summed E-state index contributed by atoms with van der Waals surface area (Å²) in [7, 11) is 0. The summed E-state index contributed by atoms with van der Waals surface area (Å²) in [5, 5.41) is 15.7. The highest BCUT2D eigenvalue weighted by Crippen LogP contribution is 1.93. The molecule has 0 saturated heterocycles. The van der Waals surface area contributed by atoms with Gasteiger partial charge < -0.3 is 15.7 Å². The Morgan fingerprint density at radius 1 is 1.00 bits per heavy atom. The van der Waals surface area contributed by atoms with Crippen LogP contribution in [-0.4, -0.2) is 37.4 Å². The second kappa shape index (κ2) is 11.0. The molecule has 0 amide bonds. The standard InChI is InChI=1S/C11H26N2O/c1-3-7-12-9-5-10-13-8-4-6-11(2)14/h11-14H,3-10H2,1-2H3. The lowest BCUT2D eigenvalue weighted by atomic mass is 10.2. The first kappa shape index (κ1) is 13.9. The predicted molar refractivity (Wildman–Crippen MR) is 61.6 cm³/mol. The highest BCUT2D eigenvalue weighted by atomic mass is 16.3. The van der Waals surface area contributed by atoms with Gasteiger partial charge in [0.15, 0.2) is 0 Å². The fraction of sp³-hybridized carbons (Fsp3) is 1.00. The van der Waals surface area contributed by atoms with Crippen molar-refractivity contribution in [3.8, 4) is 0 Å². The van der Waals surface area contributed by atoms with Gasteiger partial charge in [-0.2, -0.15) is 0 Å². The zero-order chi connectivity index (χ0) is 10.6. The Balaban J connectivity index is 2.85. The molecule has 1 unspecified atom stereocenters. The van der Waals surface area contributed by atoms with Crippen LogP contribution < -0.4 is 10.6 Å². The van der Waals surface area contributed by atoms with E-state index in [9.17, 15) is 0 Å². The van der Waals surface area contributed by atoms with Crippen molar-refractivity contribution in [3.05, 3.63) is 0 Å². The van der Waals surface area contributed by atoms with Gasteiger partial charge in [0.2, 0.25) is 0 Å². The molecule has 0 spiro atoms. The smallest absolute Gasteiger partial charge is 0.0512 e. The van der Waals surface area contributed by atoms with Crippen molar-refractivity contribution in [1.82, 2.24) is 10.6 Å². The van der Waals surface area contributed by atoms with E-state index in [0.717, 1.165) is 39.0 Å². The minimum Gasteiger partial charge on any atom is -0.393 e. The molecule has 86 valence electrons. The van der Waals surface area contributed by atoms with Gasteiger partial charge in [-0.05, 0) is 58.8 Å². The lowest BCUT2D eigenvalue weighted by molar-refractivity contribution is 0.181. The first-order chi connectivity index (χ1) is 6.77. The molecule has 0 aromatic heterocycles. The Hall–Kier alpha value is -0.120. The summed E-state index contributed by atoms with van der Waals surface area (Å²) in [6, 6.07) is 0. The number of aliphatic hydroxyl groups is 1. The van der Waals surface area contributed by atoms with Gasteiger partial charge in [-0.25, -0.2) is 0 Å². The second-order valence-electron chi connectivity index (χ2n) is 3.84. The Labute approximate surface area is 88.3 Å². The third-order valence-corrected chi connectivity index (χ3v) is 2.11. The molecule has 0 aromatic carbocycles. The highest BCUT2D eigenvalue weighted by molar-refractivity contribution is 4.53. The van der Waals surface area contributed by atoms with Crippen LogP contribution in [-0.2, 0) is 0 Å². The van der Waals surface area contributed by atoms with Crippen molar-refractivity contribution < 1.29 is 5.11 Å². The molecule has 0 heterocycles. The van der Waals surface area contributed by atoms with Crippen LogP contribution in [0.1, 0.15) is 39.5 Å². The van der Waals surface area contributed by atoms with E-state index in [0.29, 0.717) is 0 Å². The summed E-state index contributed by atoms with van der Waals surface area (Å²) in [5.41, 5.74) is 0. The van der Waals surface area contributed by atoms with Crippen molar-refractivity contribution in [2.45, 2.75) is 45.6 Å². The summed E-state index contributed by atoms with van der Waals surface area (Å²) >= 11 is 0. The molecular formula is C11H26N2O. The average molecular weight is 202 g/mol. The molecule has 0 aromatic rings. The molecule has 0 aliphatic heterocycles. The topological polar surface area (TPSA) is 44.3 Å². The number of nitrogens with one attached hydrogen (secondary N) is 2. The summed E-state index contributed by atoms with van der Waals surface area (Å²) in [5.74, 6) is 0. The molecule has 0 fully saturated rings. The molecule has 0 radical (unpaired) electrons. The maximum atomic E-state index is 9.01. The molecule has 3 heteroatoms. The van der Waals surface area contributed by atoms with Gasteiger partial charge in [0, 0.05) is 0 Å². The van der Waals surface area contributed by atoms with Crippen LogP contribution in [0.15, 0.2) is 0 Å². The molecule has 0 aliphatic rings. The molecular weight excluding hydrogens is 176 g/mol. The highest BCUT2D eigenvalue weighted by Gasteiger charge is 1.94. The van der Waals surface area contributed by atoms with Gasteiger partial charge in [0.05, 0.1) is 6.10 Å². The van der Waals surface area contributed by atoms with Crippen LogP contribution >= 0.6 is 0 Å².